The average Bonchev–Trinajstić information content (AvgIpc) is 3.27. The summed E-state index contributed by atoms with van der Waals surface area (Å²) in [6, 6.07) is 10.9. The molecule has 33 heavy (non-hydrogen) atoms. The SMILES string of the molecule is CCC(=O)OCC(NC(=O)CNC(=O)c1cccc(NC(=N)N)c1)c1ccc2c(c1)OCO2. The number of fused-ring (bicyclic) bond motifs is 1. The smallest absolute Gasteiger partial charge is 0.305 e. The zero-order valence-corrected chi connectivity index (χ0v) is 18.0. The third-order valence-electron chi connectivity index (χ3n) is 4.65. The average molecular weight is 455 g/mol. The fourth-order valence-corrected chi connectivity index (χ4v) is 3.03. The van der Waals surface area contributed by atoms with Crippen LogP contribution >= 0.6 is 0 Å². The number of guanidine groups is 1. The predicted molar refractivity (Wildman–Crippen MR) is 119 cm³/mol. The molecule has 0 aliphatic carbocycles. The molecule has 2 aromatic carbocycles. The molecular weight excluding hydrogens is 430 g/mol. The Kier molecular flexibility index (Phi) is 7.68. The van der Waals surface area contributed by atoms with Crippen LogP contribution in [0.3, 0.4) is 0 Å². The number of amides is 2. The first-order valence-corrected chi connectivity index (χ1v) is 10.2. The Hall–Kier alpha value is -4.28. The van der Waals surface area contributed by atoms with Crippen molar-refractivity contribution in [3.8, 4) is 11.5 Å². The summed E-state index contributed by atoms with van der Waals surface area (Å²) in [5, 5.41) is 15.2. The molecule has 1 unspecified atom stereocenters. The zero-order valence-electron chi connectivity index (χ0n) is 18.0. The van der Waals surface area contributed by atoms with E-state index in [1.54, 1.807) is 43.3 Å². The van der Waals surface area contributed by atoms with Crippen molar-refractivity contribution in [3.63, 3.8) is 0 Å². The first kappa shape index (κ1) is 23.4. The molecule has 1 heterocycles. The Morgan fingerprint density at radius 1 is 1.15 bits per heavy atom. The highest BCUT2D eigenvalue weighted by molar-refractivity contribution is 5.98. The summed E-state index contributed by atoms with van der Waals surface area (Å²) < 4.78 is 15.9. The summed E-state index contributed by atoms with van der Waals surface area (Å²) in [5.41, 5.74) is 6.72. The predicted octanol–water partition coefficient (Wildman–Crippen LogP) is 1.26. The lowest BCUT2D eigenvalue weighted by Gasteiger charge is -2.20. The lowest BCUT2D eigenvalue weighted by atomic mass is 10.1. The van der Waals surface area contributed by atoms with Crippen LogP contribution in [0.15, 0.2) is 42.5 Å². The lowest BCUT2D eigenvalue weighted by molar-refractivity contribution is -0.144. The Morgan fingerprint density at radius 3 is 2.70 bits per heavy atom. The van der Waals surface area contributed by atoms with Crippen LogP contribution in [0.2, 0.25) is 0 Å². The first-order valence-electron chi connectivity index (χ1n) is 10.2. The van der Waals surface area contributed by atoms with Gasteiger partial charge in [0.05, 0.1) is 12.6 Å². The minimum Gasteiger partial charge on any atom is -0.463 e. The van der Waals surface area contributed by atoms with E-state index in [0.717, 1.165) is 0 Å². The van der Waals surface area contributed by atoms with Gasteiger partial charge in [-0.1, -0.05) is 19.1 Å². The van der Waals surface area contributed by atoms with Crippen molar-refractivity contribution in [2.24, 2.45) is 5.73 Å². The van der Waals surface area contributed by atoms with E-state index in [-0.39, 0.29) is 32.3 Å². The molecule has 2 aromatic rings. The van der Waals surface area contributed by atoms with E-state index in [4.69, 9.17) is 25.4 Å². The molecule has 0 fully saturated rings. The standard InChI is InChI=1S/C22H25N5O6/c1-2-20(29)31-11-16(13-6-7-17-18(9-13)33-12-32-17)27-19(28)10-25-21(30)14-4-3-5-15(8-14)26-22(23)24/h3-9,16H,2,10-12H2,1H3,(H,25,30)(H,27,28)(H4,23,24,26). The minimum absolute atomic E-state index is 0.0786. The molecule has 0 saturated heterocycles. The Morgan fingerprint density at radius 2 is 1.94 bits per heavy atom. The molecule has 3 rings (SSSR count). The molecule has 11 heteroatoms. The molecule has 2 amide bonds. The van der Waals surface area contributed by atoms with Crippen LogP contribution in [0.5, 0.6) is 11.5 Å². The van der Waals surface area contributed by atoms with Crippen molar-refractivity contribution in [1.82, 2.24) is 10.6 Å². The number of carbonyl (C=O) groups excluding carboxylic acids is 3. The summed E-state index contributed by atoms with van der Waals surface area (Å²) in [7, 11) is 0. The highest BCUT2D eigenvalue weighted by Gasteiger charge is 2.21. The highest BCUT2D eigenvalue weighted by Crippen LogP contribution is 2.34. The van der Waals surface area contributed by atoms with Crippen LogP contribution in [-0.4, -0.2) is 43.7 Å². The van der Waals surface area contributed by atoms with Crippen LogP contribution in [0.4, 0.5) is 5.69 Å². The maximum atomic E-state index is 12.5. The van der Waals surface area contributed by atoms with E-state index in [0.29, 0.717) is 28.3 Å². The number of nitrogens with two attached hydrogens (primary N) is 1. The highest BCUT2D eigenvalue weighted by atomic mass is 16.7. The molecule has 0 aromatic heterocycles. The van der Waals surface area contributed by atoms with Gasteiger partial charge < -0.3 is 35.9 Å². The molecule has 6 N–H and O–H groups in total. The third-order valence-corrected chi connectivity index (χ3v) is 4.65. The number of anilines is 1. The van der Waals surface area contributed by atoms with Gasteiger partial charge >= 0.3 is 5.97 Å². The summed E-state index contributed by atoms with van der Waals surface area (Å²) in [6.07, 6.45) is 0.204. The van der Waals surface area contributed by atoms with E-state index in [1.807, 2.05) is 0 Å². The summed E-state index contributed by atoms with van der Waals surface area (Å²) in [4.78, 5) is 36.6. The van der Waals surface area contributed by atoms with Gasteiger partial charge in [0, 0.05) is 17.7 Å². The first-order chi connectivity index (χ1) is 15.9. The molecule has 1 atom stereocenters. The van der Waals surface area contributed by atoms with E-state index < -0.39 is 23.8 Å². The second kappa shape index (κ2) is 10.8. The molecular formula is C22H25N5O6. The molecule has 0 bridgehead atoms. The van der Waals surface area contributed by atoms with Gasteiger partial charge in [-0.15, -0.1) is 0 Å². The Labute approximate surface area is 190 Å². The van der Waals surface area contributed by atoms with Crippen molar-refractivity contribution >= 4 is 29.4 Å². The monoisotopic (exact) mass is 455 g/mol. The number of hydrogen-bond acceptors (Lipinski definition) is 7. The van der Waals surface area contributed by atoms with Crippen LogP contribution in [0.1, 0.15) is 35.3 Å². The van der Waals surface area contributed by atoms with Crippen molar-refractivity contribution in [2.45, 2.75) is 19.4 Å². The van der Waals surface area contributed by atoms with Gasteiger partial charge in [0.25, 0.3) is 5.91 Å². The molecule has 0 radical (unpaired) electrons. The van der Waals surface area contributed by atoms with Crippen molar-refractivity contribution in [1.29, 1.82) is 5.41 Å². The molecule has 1 aliphatic heterocycles. The minimum atomic E-state index is -0.650. The van der Waals surface area contributed by atoms with E-state index >= 15 is 0 Å². The molecule has 174 valence electrons. The molecule has 1 aliphatic rings. The molecule has 11 nitrogen and oxygen atoms in total. The fraction of sp³-hybridized carbons (Fsp3) is 0.273. The summed E-state index contributed by atoms with van der Waals surface area (Å²) in [5.74, 6) is -0.498. The van der Waals surface area contributed by atoms with Gasteiger partial charge in [-0.2, -0.15) is 0 Å². The van der Waals surface area contributed by atoms with Gasteiger partial charge in [0.2, 0.25) is 12.7 Å². The molecule has 0 spiro atoms. The van der Waals surface area contributed by atoms with Gasteiger partial charge in [-0.05, 0) is 35.9 Å². The normalized spacial score (nSPS) is 12.4. The zero-order chi connectivity index (χ0) is 23.8. The van der Waals surface area contributed by atoms with Gasteiger partial charge in [-0.25, -0.2) is 0 Å². The number of esters is 1. The van der Waals surface area contributed by atoms with Crippen molar-refractivity contribution < 1.29 is 28.6 Å². The number of hydrogen-bond donors (Lipinski definition) is 5. The number of nitrogens with one attached hydrogen (secondary N) is 4. The Balaban J connectivity index is 1.62. The Bertz CT molecular complexity index is 1060. The largest absolute Gasteiger partial charge is 0.463 e. The van der Waals surface area contributed by atoms with E-state index in [1.165, 1.54) is 6.07 Å². The topological polar surface area (TPSA) is 165 Å². The van der Waals surface area contributed by atoms with Gasteiger partial charge in [-0.3, -0.25) is 19.8 Å². The van der Waals surface area contributed by atoms with Crippen molar-refractivity contribution in [2.75, 3.05) is 25.3 Å². The summed E-state index contributed by atoms with van der Waals surface area (Å²) >= 11 is 0. The molecule has 0 saturated carbocycles. The lowest BCUT2D eigenvalue weighted by Crippen LogP contribution is -2.40. The van der Waals surface area contributed by atoms with Crippen LogP contribution in [0.25, 0.3) is 0 Å². The van der Waals surface area contributed by atoms with Crippen LogP contribution in [-0.2, 0) is 14.3 Å². The van der Waals surface area contributed by atoms with Gasteiger partial charge in [0.1, 0.15) is 6.61 Å². The maximum absolute atomic E-state index is 12.5. The van der Waals surface area contributed by atoms with Crippen LogP contribution < -0.4 is 31.2 Å². The maximum Gasteiger partial charge on any atom is 0.305 e. The van der Waals surface area contributed by atoms with Crippen LogP contribution in [0, 0.1) is 5.41 Å². The summed E-state index contributed by atoms with van der Waals surface area (Å²) in [6.45, 7) is 1.40. The number of ether oxygens (including phenoxy) is 3. The second-order valence-electron chi connectivity index (χ2n) is 7.07. The van der Waals surface area contributed by atoms with Gasteiger partial charge in [0.15, 0.2) is 17.5 Å². The quantitative estimate of drug-likeness (QED) is 0.214. The third kappa shape index (κ3) is 6.60. The number of carbonyl (C=O) groups is 3. The fourth-order valence-electron chi connectivity index (χ4n) is 3.03. The number of benzene rings is 2. The van der Waals surface area contributed by atoms with E-state index in [2.05, 4.69) is 16.0 Å². The number of rotatable bonds is 9. The second-order valence-corrected chi connectivity index (χ2v) is 7.07. The van der Waals surface area contributed by atoms with E-state index in [9.17, 15) is 14.4 Å². The van der Waals surface area contributed by atoms with Crippen molar-refractivity contribution in [3.05, 3.63) is 53.6 Å².